The lowest BCUT2D eigenvalue weighted by Gasteiger charge is -2.63. The van der Waals surface area contributed by atoms with Gasteiger partial charge in [0.2, 0.25) is 5.91 Å². The average Bonchev–Trinajstić information content (AvgIpc) is 3.07. The average molecular weight is 502 g/mol. The minimum atomic E-state index is -4.09. The quantitative estimate of drug-likeness (QED) is 0.336. The summed E-state index contributed by atoms with van der Waals surface area (Å²) in [5.41, 5.74) is -0.218. The van der Waals surface area contributed by atoms with E-state index in [9.17, 15) is 28.5 Å². The van der Waals surface area contributed by atoms with Gasteiger partial charge < -0.3 is 20.6 Å². The first-order valence-corrected chi connectivity index (χ1v) is 14.7. The molecule has 0 bridgehead atoms. The summed E-state index contributed by atoms with van der Waals surface area (Å²) >= 11 is 0. The maximum absolute atomic E-state index is 12.1. The van der Waals surface area contributed by atoms with Crippen LogP contribution in [0.15, 0.2) is 0 Å². The first-order valence-electron chi connectivity index (χ1n) is 13.1. The number of fused-ring (bicyclic) bond motifs is 5. The Hall–Kier alpha value is -0.740. The van der Waals surface area contributed by atoms with Crippen molar-refractivity contribution in [1.29, 1.82) is 0 Å². The van der Waals surface area contributed by atoms with Crippen molar-refractivity contribution < 1.29 is 33.1 Å². The summed E-state index contributed by atoms with van der Waals surface area (Å²) in [5.74, 6) is 0.582. The van der Waals surface area contributed by atoms with Crippen molar-refractivity contribution in [3.05, 3.63) is 0 Å². The molecule has 9 heteroatoms. The smallest absolute Gasteiger partial charge is 0.266 e. The standard InChI is InChI=1S/C25H43NO7S/c1-24-9-8-17(27)12-16(24)13-20(28)23-18-7-6-15(25(18,2)21(29)14-19(23)24)4-3-5-22(30)26-10-11-34(31,32)33/h15-21,23,27-29H,3-14H2,1-2H3,(H,26,30)(H,31,32,33). The van der Waals surface area contributed by atoms with Crippen LogP contribution in [0.3, 0.4) is 0 Å². The number of nitrogens with one attached hydrogen (secondary N) is 1. The molecule has 0 aromatic heterocycles. The van der Waals surface area contributed by atoms with Crippen LogP contribution in [0.4, 0.5) is 0 Å². The molecule has 4 rings (SSSR count). The van der Waals surface area contributed by atoms with Gasteiger partial charge in [-0.3, -0.25) is 9.35 Å². The molecule has 0 saturated heterocycles. The van der Waals surface area contributed by atoms with Crippen molar-refractivity contribution in [2.75, 3.05) is 12.3 Å². The topological polar surface area (TPSA) is 144 Å². The Labute approximate surface area is 203 Å². The maximum atomic E-state index is 12.1. The summed E-state index contributed by atoms with van der Waals surface area (Å²) in [6.45, 7) is 4.42. The minimum absolute atomic E-state index is 0.0592. The highest BCUT2D eigenvalue weighted by atomic mass is 32.2. The van der Waals surface area contributed by atoms with E-state index in [0.717, 1.165) is 44.9 Å². The molecule has 5 N–H and O–H groups in total. The van der Waals surface area contributed by atoms with Crippen LogP contribution in [-0.4, -0.2) is 64.8 Å². The van der Waals surface area contributed by atoms with E-state index in [1.165, 1.54) is 0 Å². The molecule has 0 spiro atoms. The summed E-state index contributed by atoms with van der Waals surface area (Å²) in [5, 5.41) is 35.6. The third-order valence-electron chi connectivity index (χ3n) is 10.6. The number of hydrogen-bond donors (Lipinski definition) is 5. The minimum Gasteiger partial charge on any atom is -0.393 e. The molecule has 0 heterocycles. The van der Waals surface area contributed by atoms with Gasteiger partial charge in [-0.15, -0.1) is 0 Å². The molecule has 10 atom stereocenters. The van der Waals surface area contributed by atoms with E-state index in [-0.39, 0.29) is 59.5 Å². The van der Waals surface area contributed by atoms with Crippen LogP contribution in [0.2, 0.25) is 0 Å². The molecular formula is C25H43NO7S. The molecule has 1 amide bonds. The van der Waals surface area contributed by atoms with Gasteiger partial charge in [0.15, 0.2) is 0 Å². The van der Waals surface area contributed by atoms with Crippen molar-refractivity contribution in [3.63, 3.8) is 0 Å². The zero-order valence-electron chi connectivity index (χ0n) is 20.5. The Morgan fingerprint density at radius 1 is 1.03 bits per heavy atom. The lowest BCUT2D eigenvalue weighted by Crippen LogP contribution is -2.62. The van der Waals surface area contributed by atoms with Gasteiger partial charge >= 0.3 is 0 Å². The van der Waals surface area contributed by atoms with Gasteiger partial charge in [0.05, 0.1) is 24.1 Å². The van der Waals surface area contributed by atoms with E-state index in [0.29, 0.717) is 18.8 Å². The van der Waals surface area contributed by atoms with Gasteiger partial charge in [0, 0.05) is 13.0 Å². The highest BCUT2D eigenvalue weighted by Crippen LogP contribution is 2.67. The predicted octanol–water partition coefficient (Wildman–Crippen LogP) is 2.12. The summed E-state index contributed by atoms with van der Waals surface area (Å²) in [6, 6.07) is 0. The lowest BCUT2D eigenvalue weighted by atomic mass is 9.43. The molecule has 4 fully saturated rings. The molecule has 4 aliphatic rings. The fourth-order valence-corrected chi connectivity index (χ4v) is 9.04. The van der Waals surface area contributed by atoms with Crippen LogP contribution in [0.5, 0.6) is 0 Å². The van der Waals surface area contributed by atoms with Gasteiger partial charge in [-0.25, -0.2) is 0 Å². The number of carbonyl (C=O) groups is 1. The molecule has 0 aromatic rings. The highest BCUT2D eigenvalue weighted by Gasteiger charge is 2.65. The number of hydrogen-bond acceptors (Lipinski definition) is 6. The first kappa shape index (κ1) is 26.3. The molecule has 0 radical (unpaired) electrons. The van der Waals surface area contributed by atoms with Crippen molar-refractivity contribution in [2.45, 2.75) is 96.4 Å². The van der Waals surface area contributed by atoms with E-state index >= 15 is 0 Å². The zero-order valence-corrected chi connectivity index (χ0v) is 21.3. The second kappa shape index (κ2) is 9.61. The summed E-state index contributed by atoms with van der Waals surface area (Å²) in [7, 11) is -4.09. The Kier molecular flexibility index (Phi) is 7.44. The van der Waals surface area contributed by atoms with E-state index in [2.05, 4.69) is 19.2 Å². The summed E-state index contributed by atoms with van der Waals surface area (Å²) < 4.78 is 30.4. The van der Waals surface area contributed by atoms with Gasteiger partial charge in [-0.2, -0.15) is 8.42 Å². The molecule has 4 saturated carbocycles. The van der Waals surface area contributed by atoms with Crippen LogP contribution in [0.1, 0.15) is 78.1 Å². The van der Waals surface area contributed by atoms with E-state index < -0.39 is 28.1 Å². The van der Waals surface area contributed by atoms with Crippen molar-refractivity contribution in [3.8, 4) is 0 Å². The van der Waals surface area contributed by atoms with Crippen LogP contribution in [0, 0.1) is 40.4 Å². The normalized spacial score (nSPS) is 46.3. The number of amides is 1. The second-order valence-electron chi connectivity index (χ2n) is 12.1. The van der Waals surface area contributed by atoms with Gasteiger partial charge in [-0.05, 0) is 98.2 Å². The number of aliphatic hydroxyl groups excluding tert-OH is 3. The molecule has 10 unspecified atom stereocenters. The number of aliphatic hydroxyl groups is 3. The molecule has 8 nitrogen and oxygen atoms in total. The molecule has 4 aliphatic carbocycles. The largest absolute Gasteiger partial charge is 0.393 e. The SMILES string of the molecule is CC12CCC(O)CC1CC(O)C1C2CC(O)C2(C)C(CCCC(=O)NCCS(=O)(=O)O)CCC12. The van der Waals surface area contributed by atoms with Crippen molar-refractivity contribution >= 4 is 16.0 Å². The lowest BCUT2D eigenvalue weighted by molar-refractivity contribution is -0.204. The van der Waals surface area contributed by atoms with Crippen molar-refractivity contribution in [1.82, 2.24) is 5.32 Å². The maximum Gasteiger partial charge on any atom is 0.266 e. The summed E-state index contributed by atoms with van der Waals surface area (Å²) in [4.78, 5) is 12.1. The van der Waals surface area contributed by atoms with E-state index in [1.54, 1.807) is 0 Å². The van der Waals surface area contributed by atoms with E-state index in [4.69, 9.17) is 4.55 Å². The Balaban J connectivity index is 1.39. The van der Waals surface area contributed by atoms with E-state index in [1.807, 2.05) is 0 Å². The van der Waals surface area contributed by atoms with Gasteiger partial charge in [0.1, 0.15) is 0 Å². The fourth-order valence-electron chi connectivity index (χ4n) is 8.68. The van der Waals surface area contributed by atoms with Crippen LogP contribution in [0.25, 0.3) is 0 Å². The Morgan fingerprint density at radius 2 is 1.76 bits per heavy atom. The Morgan fingerprint density at radius 3 is 2.47 bits per heavy atom. The van der Waals surface area contributed by atoms with Crippen LogP contribution < -0.4 is 5.32 Å². The second-order valence-corrected chi connectivity index (χ2v) is 13.7. The van der Waals surface area contributed by atoms with Gasteiger partial charge in [-0.1, -0.05) is 13.8 Å². The predicted molar refractivity (Wildman–Crippen MR) is 127 cm³/mol. The van der Waals surface area contributed by atoms with Crippen LogP contribution >= 0.6 is 0 Å². The fraction of sp³-hybridized carbons (Fsp3) is 0.960. The van der Waals surface area contributed by atoms with Crippen LogP contribution in [-0.2, 0) is 14.9 Å². The first-order chi connectivity index (χ1) is 15.9. The molecule has 196 valence electrons. The van der Waals surface area contributed by atoms with Gasteiger partial charge in [0.25, 0.3) is 10.1 Å². The Bertz CT molecular complexity index is 865. The molecule has 0 aromatic carbocycles. The number of rotatable bonds is 7. The third kappa shape index (κ3) is 4.80. The molecule has 34 heavy (non-hydrogen) atoms. The highest BCUT2D eigenvalue weighted by molar-refractivity contribution is 7.85. The molecule has 0 aliphatic heterocycles. The molecular weight excluding hydrogens is 458 g/mol. The zero-order chi connectivity index (χ0) is 24.9. The summed E-state index contributed by atoms with van der Waals surface area (Å²) in [6.07, 6.45) is 6.58. The third-order valence-corrected chi connectivity index (χ3v) is 11.3. The van der Waals surface area contributed by atoms with Crippen molar-refractivity contribution in [2.24, 2.45) is 40.4 Å². The number of carbonyl (C=O) groups excluding carboxylic acids is 1. The monoisotopic (exact) mass is 501 g/mol.